The summed E-state index contributed by atoms with van der Waals surface area (Å²) in [7, 11) is -3.82. The van der Waals surface area contributed by atoms with Crippen LogP contribution >= 0.6 is 22.9 Å². The van der Waals surface area contributed by atoms with Crippen LogP contribution in [0.5, 0.6) is 0 Å². The molecule has 0 aliphatic heterocycles. The molecule has 0 aliphatic rings. The van der Waals surface area contributed by atoms with E-state index in [2.05, 4.69) is 15.5 Å². The van der Waals surface area contributed by atoms with Gasteiger partial charge in [0, 0.05) is 5.69 Å². The van der Waals surface area contributed by atoms with Crippen LogP contribution in [0.15, 0.2) is 57.8 Å². The quantitative estimate of drug-likeness (QED) is 0.706. The van der Waals surface area contributed by atoms with E-state index in [-0.39, 0.29) is 14.8 Å². The Bertz CT molecular complexity index is 929. The molecule has 23 heavy (non-hydrogen) atoms. The second-order valence-electron chi connectivity index (χ2n) is 4.47. The highest BCUT2D eigenvalue weighted by Gasteiger charge is 2.21. The van der Waals surface area contributed by atoms with Crippen LogP contribution < -0.4 is 5.32 Å². The molecule has 9 heteroatoms. The normalized spacial score (nSPS) is 11.4. The first-order chi connectivity index (χ1) is 11.0. The average molecular weight is 370 g/mol. The van der Waals surface area contributed by atoms with Gasteiger partial charge in [-0.2, -0.15) is 0 Å². The molecule has 0 aliphatic carbocycles. The molecule has 1 N–H and O–H groups in total. The van der Waals surface area contributed by atoms with Crippen molar-refractivity contribution in [3.8, 4) is 0 Å². The van der Waals surface area contributed by atoms with E-state index < -0.39 is 15.7 Å². The molecule has 3 aromatic rings. The van der Waals surface area contributed by atoms with Crippen molar-refractivity contribution < 1.29 is 12.8 Å². The summed E-state index contributed by atoms with van der Waals surface area (Å²) in [4.78, 5) is -0.0702. The lowest BCUT2D eigenvalue weighted by Gasteiger charge is -2.08. The number of sulfone groups is 1. The first-order valence-electron chi connectivity index (χ1n) is 6.30. The van der Waals surface area contributed by atoms with Gasteiger partial charge in [0.15, 0.2) is 0 Å². The molecule has 1 heterocycles. The van der Waals surface area contributed by atoms with Gasteiger partial charge in [-0.1, -0.05) is 22.9 Å². The Labute approximate surface area is 140 Å². The van der Waals surface area contributed by atoms with Crippen LogP contribution in [0.4, 0.5) is 15.2 Å². The van der Waals surface area contributed by atoms with E-state index in [1.807, 2.05) is 0 Å². The van der Waals surface area contributed by atoms with Crippen molar-refractivity contribution in [3.05, 3.63) is 58.8 Å². The zero-order valence-electron chi connectivity index (χ0n) is 11.4. The van der Waals surface area contributed by atoms with Crippen LogP contribution in [-0.2, 0) is 9.84 Å². The molecule has 0 saturated carbocycles. The molecule has 0 atom stereocenters. The summed E-state index contributed by atoms with van der Waals surface area (Å²) < 4.78 is 38.2. The first-order valence-corrected chi connectivity index (χ1v) is 9.04. The number of benzene rings is 2. The van der Waals surface area contributed by atoms with Gasteiger partial charge in [-0.3, -0.25) is 0 Å². The van der Waals surface area contributed by atoms with E-state index in [0.717, 1.165) is 18.2 Å². The van der Waals surface area contributed by atoms with Crippen LogP contribution in [0, 0.1) is 5.82 Å². The molecule has 0 spiro atoms. The van der Waals surface area contributed by atoms with Gasteiger partial charge >= 0.3 is 0 Å². The molecule has 1 aromatic heterocycles. The SMILES string of the molecule is O=S(=O)(c1ccc(Nc2nncs2)cc1)c1ccc(F)cc1Cl. The largest absolute Gasteiger partial charge is 0.330 e. The van der Waals surface area contributed by atoms with Crippen LogP contribution in [0.2, 0.25) is 5.02 Å². The molecule has 118 valence electrons. The van der Waals surface area contributed by atoms with Crippen molar-refractivity contribution in [2.45, 2.75) is 9.79 Å². The van der Waals surface area contributed by atoms with Gasteiger partial charge in [-0.15, -0.1) is 10.2 Å². The van der Waals surface area contributed by atoms with Crippen LogP contribution in [-0.4, -0.2) is 18.6 Å². The lowest BCUT2D eigenvalue weighted by molar-refractivity contribution is 0.595. The maximum Gasteiger partial charge on any atom is 0.209 e. The summed E-state index contributed by atoms with van der Waals surface area (Å²) in [5.74, 6) is -0.592. The number of anilines is 2. The summed E-state index contributed by atoms with van der Waals surface area (Å²) in [6.07, 6.45) is 0. The minimum Gasteiger partial charge on any atom is -0.330 e. The Kier molecular flexibility index (Phi) is 4.29. The number of aromatic nitrogens is 2. The van der Waals surface area contributed by atoms with Crippen molar-refractivity contribution in [1.29, 1.82) is 0 Å². The maximum atomic E-state index is 13.1. The van der Waals surface area contributed by atoms with E-state index in [4.69, 9.17) is 11.6 Å². The third-order valence-corrected chi connectivity index (χ3v) is 5.82. The zero-order valence-corrected chi connectivity index (χ0v) is 13.8. The summed E-state index contributed by atoms with van der Waals surface area (Å²) in [6.45, 7) is 0. The number of nitrogens with zero attached hydrogens (tertiary/aromatic N) is 2. The molecule has 0 radical (unpaired) electrons. The fourth-order valence-corrected chi connectivity index (χ4v) is 4.14. The van der Waals surface area contributed by atoms with Gasteiger partial charge in [0.05, 0.1) is 14.8 Å². The predicted octanol–water partition coefficient (Wildman–Crippen LogP) is 3.91. The first kappa shape index (κ1) is 15.9. The highest BCUT2D eigenvalue weighted by Crippen LogP contribution is 2.29. The summed E-state index contributed by atoms with van der Waals surface area (Å²) in [5, 5.41) is 11.0. The zero-order chi connectivity index (χ0) is 16.4. The van der Waals surface area contributed by atoms with E-state index in [1.165, 1.54) is 23.5 Å². The molecule has 0 bridgehead atoms. The Morgan fingerprint density at radius 1 is 1.13 bits per heavy atom. The molecule has 3 rings (SSSR count). The fraction of sp³-hybridized carbons (Fsp3) is 0. The fourth-order valence-electron chi connectivity index (χ4n) is 1.89. The van der Waals surface area contributed by atoms with Crippen molar-refractivity contribution in [1.82, 2.24) is 10.2 Å². The molecule has 2 aromatic carbocycles. The number of hydrogen-bond acceptors (Lipinski definition) is 6. The smallest absolute Gasteiger partial charge is 0.209 e. The molecule has 0 fully saturated rings. The van der Waals surface area contributed by atoms with E-state index in [1.54, 1.807) is 17.6 Å². The summed E-state index contributed by atoms with van der Waals surface area (Å²) >= 11 is 7.17. The maximum absolute atomic E-state index is 13.1. The third-order valence-electron chi connectivity index (χ3n) is 2.96. The Morgan fingerprint density at radius 3 is 2.48 bits per heavy atom. The minimum atomic E-state index is -3.82. The third kappa shape index (κ3) is 3.34. The Morgan fingerprint density at radius 2 is 1.87 bits per heavy atom. The summed E-state index contributed by atoms with van der Waals surface area (Å²) in [6, 6.07) is 9.28. The van der Waals surface area contributed by atoms with Crippen molar-refractivity contribution in [2.75, 3.05) is 5.32 Å². The van der Waals surface area contributed by atoms with Crippen molar-refractivity contribution in [2.24, 2.45) is 0 Å². The van der Waals surface area contributed by atoms with Gasteiger partial charge in [-0.25, -0.2) is 12.8 Å². The minimum absolute atomic E-state index is 0.0637. The standard InChI is InChI=1S/C14H9ClFN3O2S2/c15-12-7-9(16)1-6-13(12)23(20,21)11-4-2-10(3-5-11)18-14-19-17-8-22-14/h1-8H,(H,18,19). The highest BCUT2D eigenvalue weighted by molar-refractivity contribution is 7.91. The Hall–Kier alpha value is -2.03. The number of rotatable bonds is 4. The van der Waals surface area contributed by atoms with Crippen LogP contribution in [0.3, 0.4) is 0 Å². The number of halogens is 2. The van der Waals surface area contributed by atoms with Gasteiger partial charge in [0.1, 0.15) is 11.3 Å². The molecule has 0 unspecified atom stereocenters. The average Bonchev–Trinajstić information content (AvgIpc) is 3.00. The topological polar surface area (TPSA) is 72.0 Å². The summed E-state index contributed by atoms with van der Waals surface area (Å²) in [5.41, 5.74) is 2.25. The van der Waals surface area contributed by atoms with E-state index >= 15 is 0 Å². The van der Waals surface area contributed by atoms with Gasteiger partial charge in [-0.05, 0) is 42.5 Å². The van der Waals surface area contributed by atoms with Crippen molar-refractivity contribution in [3.63, 3.8) is 0 Å². The molecule has 5 nitrogen and oxygen atoms in total. The molecular formula is C14H9ClFN3O2S2. The van der Waals surface area contributed by atoms with Gasteiger partial charge < -0.3 is 5.32 Å². The van der Waals surface area contributed by atoms with Crippen LogP contribution in [0.1, 0.15) is 0 Å². The number of hydrogen-bond donors (Lipinski definition) is 1. The Balaban J connectivity index is 1.91. The van der Waals surface area contributed by atoms with Gasteiger partial charge in [0.2, 0.25) is 15.0 Å². The second kappa shape index (κ2) is 6.23. The van der Waals surface area contributed by atoms with E-state index in [9.17, 15) is 12.8 Å². The van der Waals surface area contributed by atoms with Crippen LogP contribution in [0.25, 0.3) is 0 Å². The molecular weight excluding hydrogens is 361 g/mol. The number of nitrogens with one attached hydrogen (secondary N) is 1. The highest BCUT2D eigenvalue weighted by atomic mass is 35.5. The monoisotopic (exact) mass is 369 g/mol. The predicted molar refractivity (Wildman–Crippen MR) is 86.5 cm³/mol. The lowest BCUT2D eigenvalue weighted by Crippen LogP contribution is -2.03. The van der Waals surface area contributed by atoms with Crippen molar-refractivity contribution >= 4 is 43.6 Å². The van der Waals surface area contributed by atoms with Gasteiger partial charge in [0.25, 0.3) is 0 Å². The second-order valence-corrected chi connectivity index (χ2v) is 7.63. The molecule has 0 saturated heterocycles. The lowest BCUT2D eigenvalue weighted by atomic mass is 10.3. The van der Waals surface area contributed by atoms with E-state index in [0.29, 0.717) is 10.8 Å². The molecule has 0 amide bonds.